The molecule has 0 atom stereocenters. The maximum absolute atomic E-state index is 12.3. The van der Waals surface area contributed by atoms with Crippen LogP contribution in [0.4, 0.5) is 0 Å². The number of hydrogen-bond donors (Lipinski definition) is 0. The molecule has 0 amide bonds. The van der Waals surface area contributed by atoms with Crippen molar-refractivity contribution in [1.82, 2.24) is 4.31 Å². The quantitative estimate of drug-likeness (QED) is 0.348. The Morgan fingerprint density at radius 2 is 1.79 bits per heavy atom. The van der Waals surface area contributed by atoms with Crippen molar-refractivity contribution in [2.75, 3.05) is 32.2 Å². The zero-order valence-electron chi connectivity index (χ0n) is 16.6. The maximum Gasteiger partial charge on any atom is 0.244 e. The molecular weight excluding hydrogens is 425 g/mol. The van der Waals surface area contributed by atoms with E-state index in [2.05, 4.69) is 13.2 Å². The van der Waals surface area contributed by atoms with E-state index in [1.807, 2.05) is 20.8 Å². The first-order chi connectivity index (χ1) is 13.3. The van der Waals surface area contributed by atoms with E-state index in [1.54, 1.807) is 0 Å². The summed E-state index contributed by atoms with van der Waals surface area (Å²) in [5.74, 6) is 0.0720. The van der Waals surface area contributed by atoms with Gasteiger partial charge in [0.2, 0.25) is 10.0 Å². The number of alkyl halides is 1. The molecule has 0 fully saturated rings. The molecule has 1 aromatic rings. The molecule has 9 heteroatoms. The Kier molecular flexibility index (Phi) is 13.6. The molecular formula is C19H29Cl2NO5S. The van der Waals surface area contributed by atoms with Crippen molar-refractivity contribution in [3.63, 3.8) is 0 Å². The van der Waals surface area contributed by atoms with Crippen LogP contribution in [0.3, 0.4) is 0 Å². The molecule has 0 unspecified atom stereocenters. The second kappa shape index (κ2) is 14.1. The van der Waals surface area contributed by atoms with Crippen LogP contribution in [0.1, 0.15) is 37.6 Å². The average Bonchev–Trinajstić information content (AvgIpc) is 2.66. The summed E-state index contributed by atoms with van der Waals surface area (Å²) >= 11 is 11.4. The van der Waals surface area contributed by atoms with E-state index in [1.165, 1.54) is 18.2 Å². The lowest BCUT2D eigenvalue weighted by atomic mass is 10.1. The topological polar surface area (TPSA) is 72.9 Å². The van der Waals surface area contributed by atoms with Gasteiger partial charge in [-0.2, -0.15) is 4.31 Å². The lowest BCUT2D eigenvalue weighted by Crippen LogP contribution is -2.41. The number of rotatable bonds is 7. The standard InChI is InChI=1S/C11H11Cl2NO3S.C6H14O2.C2H4/c12-5-2-6-14-7-9(15)11-8(13)3-1-4-10(11)18(14,16)17;1-4-7-6(3)8-5-2;1-2/h1,3-4H,2,5-7H2;6H,4-5H2,1-3H3;1-2H2. The maximum atomic E-state index is 12.3. The van der Waals surface area contributed by atoms with Crippen LogP contribution in [0, 0.1) is 0 Å². The fraction of sp³-hybridized carbons (Fsp3) is 0.526. The summed E-state index contributed by atoms with van der Waals surface area (Å²) in [5, 5.41) is 0.179. The predicted octanol–water partition coefficient (Wildman–Crippen LogP) is 4.36. The molecule has 1 aromatic carbocycles. The number of ether oxygens (including phenoxy) is 2. The molecule has 0 saturated heterocycles. The minimum atomic E-state index is -3.64. The van der Waals surface area contributed by atoms with E-state index < -0.39 is 10.0 Å². The molecule has 0 spiro atoms. The third kappa shape index (κ3) is 7.81. The SMILES string of the molecule is C=C.CCOC(C)OCC.O=C1CN(CCCCl)S(=O)(=O)c2cccc(Cl)c21. The van der Waals surface area contributed by atoms with Gasteiger partial charge in [-0.3, -0.25) is 4.79 Å². The number of hydrogen-bond acceptors (Lipinski definition) is 5. The number of halogens is 2. The van der Waals surface area contributed by atoms with Crippen LogP contribution < -0.4 is 0 Å². The Balaban J connectivity index is 0.000000618. The second-order valence-corrected chi connectivity index (χ2v) is 8.09. The summed E-state index contributed by atoms with van der Waals surface area (Å²) in [5.41, 5.74) is 0.0984. The van der Waals surface area contributed by atoms with E-state index in [9.17, 15) is 13.2 Å². The molecule has 0 aliphatic carbocycles. The van der Waals surface area contributed by atoms with Crippen molar-refractivity contribution in [2.45, 2.75) is 38.4 Å². The largest absolute Gasteiger partial charge is 0.353 e. The fourth-order valence-electron chi connectivity index (χ4n) is 2.41. The van der Waals surface area contributed by atoms with Gasteiger partial charge in [0.1, 0.15) is 0 Å². The van der Waals surface area contributed by atoms with Crippen molar-refractivity contribution >= 4 is 39.0 Å². The lowest BCUT2D eigenvalue weighted by molar-refractivity contribution is -0.123. The number of carbonyl (C=O) groups excluding carboxylic acids is 1. The number of sulfonamides is 1. The average molecular weight is 454 g/mol. The van der Waals surface area contributed by atoms with E-state index in [0.29, 0.717) is 12.3 Å². The summed E-state index contributed by atoms with van der Waals surface area (Å²) in [6.07, 6.45) is 0.467. The second-order valence-electron chi connectivity index (χ2n) is 5.40. The van der Waals surface area contributed by atoms with Crippen molar-refractivity contribution in [2.24, 2.45) is 0 Å². The zero-order chi connectivity index (χ0) is 21.7. The van der Waals surface area contributed by atoms with Crippen LogP contribution in [0.15, 0.2) is 36.3 Å². The first kappa shape index (κ1) is 27.0. The van der Waals surface area contributed by atoms with Crippen LogP contribution in [-0.2, 0) is 19.5 Å². The molecule has 28 heavy (non-hydrogen) atoms. The highest BCUT2D eigenvalue weighted by atomic mass is 35.5. The van der Waals surface area contributed by atoms with Gasteiger partial charge in [0.25, 0.3) is 0 Å². The first-order valence-corrected chi connectivity index (χ1v) is 11.3. The fourth-order valence-corrected chi connectivity index (χ4v) is 4.53. The molecule has 1 heterocycles. The summed E-state index contributed by atoms with van der Waals surface area (Å²) in [7, 11) is -3.64. The highest BCUT2D eigenvalue weighted by Crippen LogP contribution is 2.31. The van der Waals surface area contributed by atoms with Gasteiger partial charge in [-0.15, -0.1) is 24.8 Å². The molecule has 0 radical (unpaired) electrons. The summed E-state index contributed by atoms with van der Waals surface area (Å²) < 4.78 is 35.8. The summed E-state index contributed by atoms with van der Waals surface area (Å²) in [4.78, 5) is 11.9. The van der Waals surface area contributed by atoms with Crippen molar-refractivity contribution in [3.8, 4) is 0 Å². The van der Waals surface area contributed by atoms with Gasteiger partial charge in [-0.25, -0.2) is 8.42 Å². The molecule has 6 nitrogen and oxygen atoms in total. The van der Waals surface area contributed by atoms with Crippen LogP contribution in [0.25, 0.3) is 0 Å². The molecule has 2 rings (SSSR count). The van der Waals surface area contributed by atoms with Gasteiger partial charge in [0.15, 0.2) is 12.1 Å². The molecule has 1 aliphatic rings. The Hall–Kier alpha value is -0.960. The number of ketones is 1. The van der Waals surface area contributed by atoms with Crippen LogP contribution in [0.2, 0.25) is 5.02 Å². The minimum absolute atomic E-state index is 0.0131. The zero-order valence-corrected chi connectivity index (χ0v) is 18.9. The van der Waals surface area contributed by atoms with Gasteiger partial charge in [-0.05, 0) is 39.3 Å². The third-order valence-corrected chi connectivity index (χ3v) is 6.01. The number of Topliss-reactive ketones (excluding diaryl/α,β-unsaturated/α-hetero) is 1. The van der Waals surface area contributed by atoms with Gasteiger partial charge >= 0.3 is 0 Å². The Bertz CT molecular complexity index is 706. The van der Waals surface area contributed by atoms with E-state index in [4.69, 9.17) is 32.7 Å². The molecule has 0 bridgehead atoms. The predicted molar refractivity (Wildman–Crippen MR) is 114 cm³/mol. The van der Waals surface area contributed by atoms with Gasteiger partial charge in [-0.1, -0.05) is 17.7 Å². The van der Waals surface area contributed by atoms with E-state index in [0.717, 1.165) is 17.5 Å². The Labute approximate surface area is 178 Å². The first-order valence-electron chi connectivity index (χ1n) is 8.90. The summed E-state index contributed by atoms with van der Waals surface area (Å²) in [6.45, 7) is 13.3. The van der Waals surface area contributed by atoms with E-state index in [-0.39, 0.29) is 40.6 Å². The number of nitrogens with zero attached hydrogens (tertiary/aromatic N) is 1. The number of benzene rings is 1. The molecule has 0 saturated carbocycles. The minimum Gasteiger partial charge on any atom is -0.353 e. The lowest BCUT2D eigenvalue weighted by Gasteiger charge is -2.27. The smallest absolute Gasteiger partial charge is 0.244 e. The Morgan fingerprint density at radius 1 is 1.21 bits per heavy atom. The number of fused-ring (bicyclic) bond motifs is 1. The van der Waals surface area contributed by atoms with Gasteiger partial charge in [0, 0.05) is 25.6 Å². The molecule has 160 valence electrons. The summed E-state index contributed by atoms with van der Waals surface area (Å²) in [6, 6.07) is 4.45. The number of carbonyl (C=O) groups is 1. The molecule has 1 aliphatic heterocycles. The van der Waals surface area contributed by atoms with Crippen molar-refractivity contribution < 1.29 is 22.7 Å². The Morgan fingerprint density at radius 3 is 2.29 bits per heavy atom. The monoisotopic (exact) mass is 453 g/mol. The highest BCUT2D eigenvalue weighted by molar-refractivity contribution is 7.89. The van der Waals surface area contributed by atoms with Crippen LogP contribution in [0.5, 0.6) is 0 Å². The third-order valence-electron chi connectivity index (χ3n) is 3.54. The highest BCUT2D eigenvalue weighted by Gasteiger charge is 2.36. The van der Waals surface area contributed by atoms with Gasteiger partial charge < -0.3 is 9.47 Å². The van der Waals surface area contributed by atoms with Crippen molar-refractivity contribution in [1.29, 1.82) is 0 Å². The normalized spacial score (nSPS) is 15.1. The van der Waals surface area contributed by atoms with Crippen molar-refractivity contribution in [3.05, 3.63) is 41.9 Å². The molecule has 0 N–H and O–H groups in total. The van der Waals surface area contributed by atoms with Crippen LogP contribution in [-0.4, -0.2) is 57.0 Å². The van der Waals surface area contributed by atoms with Crippen LogP contribution >= 0.6 is 23.2 Å². The van der Waals surface area contributed by atoms with Gasteiger partial charge in [0.05, 0.1) is 22.0 Å². The molecule has 0 aromatic heterocycles. The van der Waals surface area contributed by atoms with E-state index >= 15 is 0 Å².